The molecule has 20 heavy (non-hydrogen) atoms. The summed E-state index contributed by atoms with van der Waals surface area (Å²) >= 11 is 9.69. The van der Waals surface area contributed by atoms with Gasteiger partial charge in [-0.05, 0) is 54.3 Å². The second-order valence-electron chi connectivity index (χ2n) is 5.08. The third-order valence-electron chi connectivity index (χ3n) is 3.11. The number of ether oxygens (including phenoxy) is 1. The van der Waals surface area contributed by atoms with Crippen molar-refractivity contribution in [3.05, 3.63) is 51.0 Å². The summed E-state index contributed by atoms with van der Waals surface area (Å²) in [7, 11) is 0. The van der Waals surface area contributed by atoms with Crippen molar-refractivity contribution in [1.82, 2.24) is 0 Å². The van der Waals surface area contributed by atoms with E-state index in [4.69, 9.17) is 22.1 Å². The fraction of sp³-hybridized carbons (Fsp3) is 0.250. The number of halogens is 2. The molecule has 0 aliphatic rings. The van der Waals surface area contributed by atoms with Crippen molar-refractivity contribution in [3.8, 4) is 11.5 Å². The normalized spacial score (nSPS) is 10.9. The lowest BCUT2D eigenvalue weighted by Crippen LogP contribution is -1.96. The van der Waals surface area contributed by atoms with Gasteiger partial charge in [0.1, 0.15) is 5.75 Å². The molecule has 106 valence electrons. The Bertz CT molecular complexity index is 641. The quantitative estimate of drug-likeness (QED) is 0.695. The molecule has 0 bridgehead atoms. The van der Waals surface area contributed by atoms with Crippen LogP contribution in [0.4, 0.5) is 5.69 Å². The second-order valence-corrected chi connectivity index (χ2v) is 6.40. The van der Waals surface area contributed by atoms with E-state index in [2.05, 4.69) is 29.8 Å². The molecule has 0 atom stereocenters. The van der Waals surface area contributed by atoms with E-state index in [1.54, 1.807) is 0 Å². The van der Waals surface area contributed by atoms with Gasteiger partial charge >= 0.3 is 0 Å². The SMILES string of the molecule is Cc1cc(Cl)c(C(C)C)cc1Oc1cc(Br)ccc1N. The minimum absolute atomic E-state index is 0.338. The van der Waals surface area contributed by atoms with Crippen molar-refractivity contribution < 1.29 is 4.74 Å². The van der Waals surface area contributed by atoms with E-state index in [0.717, 1.165) is 26.4 Å². The number of rotatable bonds is 3. The van der Waals surface area contributed by atoms with Gasteiger partial charge in [0.2, 0.25) is 0 Å². The van der Waals surface area contributed by atoms with Crippen LogP contribution < -0.4 is 10.5 Å². The van der Waals surface area contributed by atoms with E-state index in [1.807, 2.05) is 37.3 Å². The molecule has 0 heterocycles. The van der Waals surface area contributed by atoms with Gasteiger partial charge in [0, 0.05) is 9.50 Å². The number of nitrogens with two attached hydrogens (primary N) is 1. The minimum atomic E-state index is 0.338. The summed E-state index contributed by atoms with van der Waals surface area (Å²) in [4.78, 5) is 0. The molecule has 0 fully saturated rings. The number of hydrogen-bond donors (Lipinski definition) is 1. The highest BCUT2D eigenvalue weighted by molar-refractivity contribution is 9.10. The second kappa shape index (κ2) is 6.06. The lowest BCUT2D eigenvalue weighted by molar-refractivity contribution is 0.480. The molecular formula is C16H17BrClNO. The Labute approximate surface area is 133 Å². The maximum absolute atomic E-state index is 6.27. The molecule has 0 amide bonds. The molecule has 0 unspecified atom stereocenters. The molecule has 2 rings (SSSR count). The van der Waals surface area contributed by atoms with E-state index in [9.17, 15) is 0 Å². The average Bonchev–Trinajstić information content (AvgIpc) is 2.36. The molecular weight excluding hydrogens is 338 g/mol. The summed E-state index contributed by atoms with van der Waals surface area (Å²) in [5, 5.41) is 0.770. The lowest BCUT2D eigenvalue weighted by Gasteiger charge is -2.15. The Morgan fingerprint density at radius 1 is 1.15 bits per heavy atom. The van der Waals surface area contributed by atoms with Crippen molar-refractivity contribution in [2.45, 2.75) is 26.7 Å². The summed E-state index contributed by atoms with van der Waals surface area (Å²) in [6.07, 6.45) is 0. The van der Waals surface area contributed by atoms with E-state index in [-0.39, 0.29) is 0 Å². The van der Waals surface area contributed by atoms with Crippen LogP contribution in [0.3, 0.4) is 0 Å². The predicted octanol–water partition coefficient (Wildman–Crippen LogP) is 5.91. The smallest absolute Gasteiger partial charge is 0.151 e. The lowest BCUT2D eigenvalue weighted by atomic mass is 10.0. The van der Waals surface area contributed by atoms with Crippen LogP contribution in [0.2, 0.25) is 5.02 Å². The predicted molar refractivity (Wildman–Crippen MR) is 88.9 cm³/mol. The van der Waals surface area contributed by atoms with Crippen LogP contribution >= 0.6 is 27.5 Å². The molecule has 0 aliphatic heterocycles. The number of anilines is 1. The summed E-state index contributed by atoms with van der Waals surface area (Å²) in [6, 6.07) is 9.48. The molecule has 0 aliphatic carbocycles. The van der Waals surface area contributed by atoms with Gasteiger partial charge in [-0.15, -0.1) is 0 Å². The van der Waals surface area contributed by atoms with Gasteiger partial charge in [-0.2, -0.15) is 0 Å². The summed E-state index contributed by atoms with van der Waals surface area (Å²) in [5.41, 5.74) is 8.60. The van der Waals surface area contributed by atoms with Crippen LogP contribution in [-0.4, -0.2) is 0 Å². The Morgan fingerprint density at radius 2 is 1.85 bits per heavy atom. The van der Waals surface area contributed by atoms with Crippen LogP contribution in [-0.2, 0) is 0 Å². The fourth-order valence-corrected chi connectivity index (χ4v) is 2.71. The first-order chi connectivity index (χ1) is 9.38. The first-order valence-electron chi connectivity index (χ1n) is 6.41. The van der Waals surface area contributed by atoms with Crippen molar-refractivity contribution in [3.63, 3.8) is 0 Å². The number of hydrogen-bond acceptors (Lipinski definition) is 2. The summed E-state index contributed by atoms with van der Waals surface area (Å²) in [5.74, 6) is 1.76. The molecule has 0 aromatic heterocycles. The largest absolute Gasteiger partial charge is 0.455 e. The van der Waals surface area contributed by atoms with Gasteiger partial charge in [-0.25, -0.2) is 0 Å². The number of nitrogen functional groups attached to an aromatic ring is 1. The third kappa shape index (κ3) is 3.28. The standard InChI is InChI=1S/C16H17BrClNO/c1-9(2)12-8-15(10(3)6-13(12)18)20-16-7-11(17)4-5-14(16)19/h4-9H,19H2,1-3H3. The number of aryl methyl sites for hydroxylation is 1. The van der Waals surface area contributed by atoms with Crippen LogP contribution in [0.15, 0.2) is 34.8 Å². The van der Waals surface area contributed by atoms with E-state index in [0.29, 0.717) is 17.4 Å². The molecule has 0 saturated heterocycles. The molecule has 2 nitrogen and oxygen atoms in total. The highest BCUT2D eigenvalue weighted by Crippen LogP contribution is 2.36. The zero-order chi connectivity index (χ0) is 14.9. The Kier molecular flexibility index (Phi) is 4.61. The van der Waals surface area contributed by atoms with Gasteiger partial charge in [0.05, 0.1) is 5.69 Å². The van der Waals surface area contributed by atoms with Gasteiger partial charge in [-0.3, -0.25) is 0 Å². The van der Waals surface area contributed by atoms with Gasteiger partial charge in [-0.1, -0.05) is 41.4 Å². The zero-order valence-electron chi connectivity index (χ0n) is 11.7. The van der Waals surface area contributed by atoms with Crippen LogP contribution in [0, 0.1) is 6.92 Å². The van der Waals surface area contributed by atoms with Crippen molar-refractivity contribution >= 4 is 33.2 Å². The van der Waals surface area contributed by atoms with E-state index < -0.39 is 0 Å². The average molecular weight is 355 g/mol. The van der Waals surface area contributed by atoms with Crippen molar-refractivity contribution in [2.75, 3.05) is 5.73 Å². The molecule has 2 aromatic rings. The maximum Gasteiger partial charge on any atom is 0.151 e. The molecule has 4 heteroatoms. The van der Waals surface area contributed by atoms with E-state index in [1.165, 1.54) is 0 Å². The van der Waals surface area contributed by atoms with Crippen molar-refractivity contribution in [2.24, 2.45) is 0 Å². The van der Waals surface area contributed by atoms with Gasteiger partial charge in [0.25, 0.3) is 0 Å². The Hall–Kier alpha value is -1.19. The van der Waals surface area contributed by atoms with Crippen LogP contribution in [0.5, 0.6) is 11.5 Å². The van der Waals surface area contributed by atoms with Gasteiger partial charge in [0.15, 0.2) is 5.75 Å². The van der Waals surface area contributed by atoms with E-state index >= 15 is 0 Å². The molecule has 2 aromatic carbocycles. The zero-order valence-corrected chi connectivity index (χ0v) is 14.0. The maximum atomic E-state index is 6.27. The van der Waals surface area contributed by atoms with Gasteiger partial charge < -0.3 is 10.5 Å². The third-order valence-corrected chi connectivity index (χ3v) is 3.93. The minimum Gasteiger partial charge on any atom is -0.455 e. The molecule has 0 radical (unpaired) electrons. The molecule has 2 N–H and O–H groups in total. The first kappa shape index (κ1) is 15.2. The fourth-order valence-electron chi connectivity index (χ4n) is 1.94. The van der Waals surface area contributed by atoms with Crippen LogP contribution in [0.1, 0.15) is 30.9 Å². The number of benzene rings is 2. The highest BCUT2D eigenvalue weighted by Gasteiger charge is 2.12. The molecule has 0 spiro atoms. The Balaban J connectivity index is 2.43. The summed E-state index contributed by atoms with van der Waals surface area (Å²) in [6.45, 7) is 6.18. The van der Waals surface area contributed by atoms with Crippen molar-refractivity contribution in [1.29, 1.82) is 0 Å². The molecule has 0 saturated carbocycles. The summed E-state index contributed by atoms with van der Waals surface area (Å²) < 4.78 is 6.88. The monoisotopic (exact) mass is 353 g/mol. The highest BCUT2D eigenvalue weighted by atomic mass is 79.9. The first-order valence-corrected chi connectivity index (χ1v) is 7.58. The topological polar surface area (TPSA) is 35.2 Å². The van der Waals surface area contributed by atoms with Crippen LogP contribution in [0.25, 0.3) is 0 Å². The Morgan fingerprint density at radius 3 is 2.50 bits per heavy atom.